The number of alkyl halides is 2. The number of rotatable bonds is 4. The number of halogens is 7. The monoisotopic (exact) mass is 550 g/mol. The van der Waals surface area contributed by atoms with Crippen molar-refractivity contribution in [3.63, 3.8) is 0 Å². The van der Waals surface area contributed by atoms with Crippen LogP contribution in [0.15, 0.2) is 11.1 Å². The number of hydrogen-bond acceptors (Lipinski definition) is 5. The van der Waals surface area contributed by atoms with Crippen LogP contribution in [0.1, 0.15) is 51.5 Å². The summed E-state index contributed by atoms with van der Waals surface area (Å²) in [6.07, 6.45) is 3.08. The third-order valence-corrected chi connectivity index (χ3v) is 9.03. The minimum Gasteiger partial charge on any atom is -0.454 e. The van der Waals surface area contributed by atoms with Gasteiger partial charge in [0.25, 0.3) is 0 Å². The van der Waals surface area contributed by atoms with Crippen molar-refractivity contribution in [2.45, 2.75) is 63.7 Å². The summed E-state index contributed by atoms with van der Waals surface area (Å²) in [7, 11) is 0. The van der Waals surface area contributed by atoms with Gasteiger partial charge in [0.1, 0.15) is 17.1 Å². The van der Waals surface area contributed by atoms with Crippen molar-refractivity contribution in [3.8, 4) is 0 Å². The highest BCUT2D eigenvalue weighted by Crippen LogP contribution is 2.57. The van der Waals surface area contributed by atoms with Gasteiger partial charge in [0.15, 0.2) is 29.4 Å². The molecule has 38 heavy (non-hydrogen) atoms. The van der Waals surface area contributed by atoms with Crippen molar-refractivity contribution in [1.82, 2.24) is 9.80 Å². The molecule has 1 saturated carbocycles. The number of carbonyl (C=O) groups excluding carboxylic acids is 1. The Morgan fingerprint density at radius 2 is 1.53 bits per heavy atom. The smallest absolute Gasteiger partial charge is 0.337 e. The molecule has 0 spiro atoms. The van der Waals surface area contributed by atoms with E-state index in [1.165, 1.54) is 0 Å². The van der Waals surface area contributed by atoms with Gasteiger partial charge in [-0.1, -0.05) is 12.5 Å². The molecule has 12 heteroatoms. The van der Waals surface area contributed by atoms with Gasteiger partial charge in [-0.25, -0.2) is 26.9 Å². The first-order chi connectivity index (χ1) is 17.7. The molecule has 2 aliphatic heterocycles. The van der Waals surface area contributed by atoms with Gasteiger partial charge in [-0.3, -0.25) is 9.69 Å². The van der Waals surface area contributed by atoms with Crippen molar-refractivity contribution < 1.29 is 45.4 Å². The molecular formula is C26H29F7N2O3. The fraction of sp³-hybridized carbons (Fsp3) is 0.654. The first kappa shape index (κ1) is 27.4. The zero-order valence-electron chi connectivity index (χ0n) is 21.0. The molecule has 4 atom stereocenters. The number of allylic oxidation sites excluding steroid dienone is 1. The summed E-state index contributed by atoms with van der Waals surface area (Å²) >= 11 is 0. The highest BCUT2D eigenvalue weighted by Gasteiger charge is 2.63. The minimum absolute atomic E-state index is 0.0246. The van der Waals surface area contributed by atoms with Gasteiger partial charge in [0, 0.05) is 32.7 Å². The fourth-order valence-electron chi connectivity index (χ4n) is 6.83. The van der Waals surface area contributed by atoms with E-state index < -0.39 is 77.4 Å². The lowest BCUT2D eigenvalue weighted by Gasteiger charge is -2.50. The van der Waals surface area contributed by atoms with Crippen molar-refractivity contribution in [3.05, 3.63) is 45.8 Å². The molecule has 0 radical (unpaired) electrons. The topological polar surface area (TPSA) is 53.0 Å². The largest absolute Gasteiger partial charge is 0.454 e. The molecular weight excluding hydrogens is 521 g/mol. The molecule has 2 saturated heterocycles. The van der Waals surface area contributed by atoms with Gasteiger partial charge < -0.3 is 9.84 Å². The lowest BCUT2D eigenvalue weighted by molar-refractivity contribution is -0.173. The molecule has 1 N–H and O–H groups in total. The van der Waals surface area contributed by atoms with Crippen molar-refractivity contribution in [2.24, 2.45) is 11.3 Å². The summed E-state index contributed by atoms with van der Waals surface area (Å²) in [6, 6.07) is -4.47. The molecule has 1 aromatic carbocycles. The standard InChI is InChI=1S/C26H29F7N2O3/c1-13-4-3-5-24(2)6-7-25(37)14(23(36)38-22(25)15(13)24)12-34-8-10-35(11-9-34)26(32,33)16-17(27)19(29)21(31)20(30)18(16)28/h14,22,37H,3-12H2,1-2H3/t14?,22-,24+,25?/m0/s1. The minimum atomic E-state index is -4.47. The van der Waals surface area contributed by atoms with Crippen LogP contribution in [0.4, 0.5) is 30.7 Å². The zero-order chi connectivity index (χ0) is 27.8. The number of esters is 1. The van der Waals surface area contributed by atoms with Crippen LogP contribution < -0.4 is 0 Å². The summed E-state index contributed by atoms with van der Waals surface area (Å²) in [5.41, 5.74) is -1.71. The summed E-state index contributed by atoms with van der Waals surface area (Å²) in [6.45, 7) is 3.01. The molecule has 1 aromatic rings. The Labute approximate surface area is 215 Å². The van der Waals surface area contributed by atoms with Crippen LogP contribution in [0, 0.1) is 40.4 Å². The molecule has 4 aliphatic rings. The van der Waals surface area contributed by atoms with E-state index in [9.17, 15) is 31.9 Å². The molecule has 210 valence electrons. The molecule has 2 heterocycles. The Bertz CT molecular complexity index is 1170. The molecule has 3 fully saturated rings. The van der Waals surface area contributed by atoms with Gasteiger partial charge in [-0.15, -0.1) is 0 Å². The third kappa shape index (κ3) is 3.97. The number of fused-ring (bicyclic) bond motifs is 3. The first-order valence-corrected chi connectivity index (χ1v) is 12.7. The van der Waals surface area contributed by atoms with E-state index in [2.05, 4.69) is 6.92 Å². The third-order valence-electron chi connectivity index (χ3n) is 9.03. The summed E-state index contributed by atoms with van der Waals surface area (Å²) in [5.74, 6) is -14.0. The summed E-state index contributed by atoms with van der Waals surface area (Å²) < 4.78 is 104. The number of hydrogen-bond donors (Lipinski definition) is 1. The van der Waals surface area contributed by atoms with E-state index in [0.29, 0.717) is 17.7 Å². The molecule has 0 aromatic heterocycles. The first-order valence-electron chi connectivity index (χ1n) is 12.7. The zero-order valence-corrected chi connectivity index (χ0v) is 21.0. The molecule has 2 unspecified atom stereocenters. The molecule has 5 rings (SSSR count). The number of aliphatic hydroxyl groups is 1. The van der Waals surface area contributed by atoms with Crippen molar-refractivity contribution in [2.75, 3.05) is 32.7 Å². The number of ether oxygens (including phenoxy) is 1. The van der Waals surface area contributed by atoms with Crippen LogP contribution in [0.5, 0.6) is 0 Å². The van der Waals surface area contributed by atoms with E-state index in [4.69, 9.17) is 4.74 Å². The fourth-order valence-corrected chi connectivity index (χ4v) is 6.83. The Hall–Kier alpha value is -2.18. The molecule has 5 nitrogen and oxygen atoms in total. The van der Waals surface area contributed by atoms with Crippen LogP contribution in [0.25, 0.3) is 0 Å². The van der Waals surface area contributed by atoms with Crippen LogP contribution in [-0.4, -0.2) is 65.3 Å². The second-order valence-corrected chi connectivity index (χ2v) is 11.2. The number of carbonyl (C=O) groups is 1. The van der Waals surface area contributed by atoms with Crippen LogP contribution >= 0.6 is 0 Å². The number of benzene rings is 1. The lowest BCUT2D eigenvalue weighted by Crippen LogP contribution is -2.57. The van der Waals surface area contributed by atoms with Gasteiger partial charge in [-0.2, -0.15) is 8.78 Å². The average molecular weight is 551 g/mol. The average Bonchev–Trinajstić information content (AvgIpc) is 3.11. The second kappa shape index (κ2) is 9.19. The highest BCUT2D eigenvalue weighted by molar-refractivity contribution is 5.78. The van der Waals surface area contributed by atoms with Gasteiger partial charge in [0.2, 0.25) is 5.82 Å². The molecule has 2 aliphatic carbocycles. The maximum atomic E-state index is 15.0. The number of piperazine rings is 1. The predicted octanol–water partition coefficient (Wildman–Crippen LogP) is 4.62. The Balaban J connectivity index is 1.31. The van der Waals surface area contributed by atoms with E-state index in [-0.39, 0.29) is 25.0 Å². The van der Waals surface area contributed by atoms with Gasteiger partial charge in [0.05, 0.1) is 0 Å². The van der Waals surface area contributed by atoms with Crippen LogP contribution in [0.2, 0.25) is 0 Å². The SMILES string of the molecule is CC1=C2[C@@H]3OC(=O)C(CN4CCN(C(F)(F)c5c(F)c(F)c(F)c(F)c5F)CC4)C3(O)CC[C@@]2(C)CCC1. The van der Waals surface area contributed by atoms with Crippen molar-refractivity contribution >= 4 is 5.97 Å². The molecule has 0 amide bonds. The Kier molecular flexibility index (Phi) is 6.63. The Morgan fingerprint density at radius 1 is 0.947 bits per heavy atom. The summed E-state index contributed by atoms with van der Waals surface area (Å²) in [4.78, 5) is 14.9. The summed E-state index contributed by atoms with van der Waals surface area (Å²) in [5, 5.41) is 11.7. The number of nitrogens with zero attached hydrogens (tertiary/aromatic N) is 2. The lowest BCUT2D eigenvalue weighted by atomic mass is 9.58. The Morgan fingerprint density at radius 3 is 2.13 bits per heavy atom. The maximum absolute atomic E-state index is 15.0. The van der Waals surface area contributed by atoms with Crippen LogP contribution in [0.3, 0.4) is 0 Å². The van der Waals surface area contributed by atoms with E-state index in [1.807, 2.05) is 6.92 Å². The van der Waals surface area contributed by atoms with E-state index in [0.717, 1.165) is 30.4 Å². The van der Waals surface area contributed by atoms with E-state index in [1.54, 1.807) is 4.90 Å². The van der Waals surface area contributed by atoms with Gasteiger partial charge >= 0.3 is 12.0 Å². The highest BCUT2D eigenvalue weighted by atomic mass is 19.3. The van der Waals surface area contributed by atoms with Gasteiger partial charge in [-0.05, 0) is 50.0 Å². The predicted molar refractivity (Wildman–Crippen MR) is 120 cm³/mol. The normalized spacial score (nSPS) is 32.8. The van der Waals surface area contributed by atoms with Crippen molar-refractivity contribution in [1.29, 1.82) is 0 Å². The van der Waals surface area contributed by atoms with Crippen LogP contribution in [-0.2, 0) is 15.6 Å². The second-order valence-electron chi connectivity index (χ2n) is 11.2. The maximum Gasteiger partial charge on any atom is 0.337 e. The van der Waals surface area contributed by atoms with E-state index >= 15 is 8.78 Å². The quantitative estimate of drug-likeness (QED) is 0.148. The molecule has 0 bridgehead atoms.